The van der Waals surface area contributed by atoms with E-state index in [9.17, 15) is 13.2 Å². The Morgan fingerprint density at radius 2 is 1.90 bits per heavy atom. The smallest absolute Gasteiger partial charge is 0.417 e. The summed E-state index contributed by atoms with van der Waals surface area (Å²) in [5.41, 5.74) is 3.37. The zero-order chi connectivity index (χ0) is 22.4. The van der Waals surface area contributed by atoms with Crippen molar-refractivity contribution in [3.8, 4) is 11.5 Å². The molecule has 0 fully saturated rings. The summed E-state index contributed by atoms with van der Waals surface area (Å²) in [6, 6.07) is 12.9. The highest BCUT2D eigenvalue weighted by Crippen LogP contribution is 2.37. The molecule has 162 valence electrons. The molecule has 0 amide bonds. The number of methoxy groups -OCH3 is 1. The minimum Gasteiger partial charge on any atom is -0.493 e. The number of nitrogens with zero attached hydrogens (tertiary/aromatic N) is 2. The summed E-state index contributed by atoms with van der Waals surface area (Å²) in [5.74, 6) is 1.18. The Hall–Kier alpha value is -2.78. The van der Waals surface area contributed by atoms with Gasteiger partial charge in [-0.2, -0.15) is 18.3 Å². The van der Waals surface area contributed by atoms with Gasteiger partial charge in [-0.15, -0.1) is 0 Å². The summed E-state index contributed by atoms with van der Waals surface area (Å²) >= 11 is 9.35. The van der Waals surface area contributed by atoms with E-state index in [4.69, 9.17) is 21.1 Å². The second-order valence-corrected chi connectivity index (χ2v) is 7.54. The van der Waals surface area contributed by atoms with Gasteiger partial charge >= 0.3 is 6.18 Å². The van der Waals surface area contributed by atoms with E-state index in [-0.39, 0.29) is 5.82 Å². The molecule has 0 aliphatic rings. The van der Waals surface area contributed by atoms with Crippen molar-refractivity contribution in [1.29, 1.82) is 0 Å². The average molecular weight is 515 g/mol. The molecule has 2 aromatic carbocycles. The van der Waals surface area contributed by atoms with Gasteiger partial charge in [0.05, 0.1) is 23.4 Å². The third-order valence-electron chi connectivity index (χ3n) is 4.03. The van der Waals surface area contributed by atoms with Crippen LogP contribution in [-0.2, 0) is 12.8 Å². The molecule has 0 unspecified atom stereocenters. The Morgan fingerprint density at radius 3 is 2.52 bits per heavy atom. The van der Waals surface area contributed by atoms with Crippen molar-refractivity contribution in [3.63, 3.8) is 0 Å². The molecule has 0 aliphatic carbocycles. The molecule has 3 aromatic rings. The van der Waals surface area contributed by atoms with Gasteiger partial charge in [0, 0.05) is 11.2 Å². The van der Waals surface area contributed by atoms with E-state index >= 15 is 0 Å². The molecule has 0 spiro atoms. The van der Waals surface area contributed by atoms with Gasteiger partial charge in [0.1, 0.15) is 12.4 Å². The number of halogens is 5. The maximum Gasteiger partial charge on any atom is 0.417 e. The monoisotopic (exact) mass is 513 g/mol. The predicted molar refractivity (Wildman–Crippen MR) is 117 cm³/mol. The lowest BCUT2D eigenvalue weighted by atomic mass is 10.2. The molecule has 0 saturated carbocycles. The summed E-state index contributed by atoms with van der Waals surface area (Å²) in [7, 11) is 1.52. The number of benzene rings is 2. The molecule has 1 N–H and O–H groups in total. The Morgan fingerprint density at radius 1 is 1.16 bits per heavy atom. The number of hydrazone groups is 1. The fourth-order valence-corrected chi connectivity index (χ4v) is 3.19. The van der Waals surface area contributed by atoms with Crippen LogP contribution in [0.1, 0.15) is 16.7 Å². The number of ether oxygens (including phenoxy) is 2. The normalized spacial score (nSPS) is 11.5. The fourth-order valence-electron chi connectivity index (χ4n) is 2.49. The first kappa shape index (κ1) is 22.9. The highest BCUT2D eigenvalue weighted by Gasteiger charge is 2.30. The number of alkyl halides is 3. The number of nitrogens with one attached hydrogen (secondary N) is 1. The fraction of sp³-hybridized carbons (Fsp3) is 0.143. The van der Waals surface area contributed by atoms with Gasteiger partial charge in [0.25, 0.3) is 0 Å². The van der Waals surface area contributed by atoms with Gasteiger partial charge in [-0.05, 0) is 63.5 Å². The largest absolute Gasteiger partial charge is 0.493 e. The van der Waals surface area contributed by atoms with Crippen molar-refractivity contribution in [2.75, 3.05) is 12.5 Å². The van der Waals surface area contributed by atoms with Crippen LogP contribution >= 0.6 is 27.5 Å². The quantitative estimate of drug-likeness (QED) is 0.287. The van der Waals surface area contributed by atoms with E-state index in [1.54, 1.807) is 24.3 Å². The van der Waals surface area contributed by atoms with E-state index in [0.717, 1.165) is 17.8 Å². The van der Waals surface area contributed by atoms with Crippen molar-refractivity contribution < 1.29 is 22.6 Å². The summed E-state index contributed by atoms with van der Waals surface area (Å²) < 4.78 is 49.7. The van der Waals surface area contributed by atoms with Crippen molar-refractivity contribution in [2.24, 2.45) is 5.10 Å². The SMILES string of the molecule is COc1cc(/C=N\Nc2ccc(C(F)(F)F)cn2)cc(Br)c1OCc1ccc(Cl)cc1. The molecular weight excluding hydrogens is 499 g/mol. The molecule has 0 atom stereocenters. The van der Waals surface area contributed by atoms with Crippen molar-refractivity contribution in [2.45, 2.75) is 12.8 Å². The zero-order valence-electron chi connectivity index (χ0n) is 16.1. The number of aromatic nitrogens is 1. The molecule has 0 bridgehead atoms. The molecule has 0 aliphatic heterocycles. The molecule has 1 aromatic heterocycles. The van der Waals surface area contributed by atoms with Crippen LogP contribution < -0.4 is 14.9 Å². The second kappa shape index (κ2) is 10.0. The first-order chi connectivity index (χ1) is 14.8. The molecular formula is C21H16BrClF3N3O2. The molecule has 0 saturated heterocycles. The van der Waals surface area contributed by atoms with E-state index in [1.807, 2.05) is 12.1 Å². The lowest BCUT2D eigenvalue weighted by Gasteiger charge is -2.13. The Bertz CT molecular complexity index is 1060. The standard InChI is InChI=1S/C21H16BrClF3N3O2/c1-30-18-9-14(10-28-29-19-7-4-15(11-27-19)21(24,25)26)8-17(22)20(18)31-12-13-2-5-16(23)6-3-13/h2-11H,12H2,1H3,(H,27,29)/b28-10-. The van der Waals surface area contributed by atoms with Gasteiger partial charge < -0.3 is 9.47 Å². The Kier molecular flexibility index (Phi) is 7.40. The third-order valence-corrected chi connectivity index (χ3v) is 4.87. The molecule has 5 nitrogen and oxygen atoms in total. The maximum absolute atomic E-state index is 12.6. The van der Waals surface area contributed by atoms with Crippen LogP contribution in [0.4, 0.5) is 19.0 Å². The van der Waals surface area contributed by atoms with Gasteiger partial charge in [-0.3, -0.25) is 5.43 Å². The van der Waals surface area contributed by atoms with E-state index < -0.39 is 11.7 Å². The van der Waals surface area contributed by atoms with E-state index in [0.29, 0.717) is 33.2 Å². The van der Waals surface area contributed by atoms with Crippen molar-refractivity contribution in [3.05, 3.63) is 80.9 Å². The Balaban J connectivity index is 1.68. The van der Waals surface area contributed by atoms with Gasteiger partial charge in [-0.1, -0.05) is 23.7 Å². The van der Waals surface area contributed by atoms with Crippen LogP contribution in [0.2, 0.25) is 5.02 Å². The topological polar surface area (TPSA) is 55.7 Å². The Labute approximate surface area is 190 Å². The number of hydrogen-bond acceptors (Lipinski definition) is 5. The first-order valence-electron chi connectivity index (χ1n) is 8.83. The van der Waals surface area contributed by atoms with Crippen LogP contribution in [-0.4, -0.2) is 18.3 Å². The van der Waals surface area contributed by atoms with Gasteiger partial charge in [0.2, 0.25) is 0 Å². The van der Waals surface area contributed by atoms with Crippen molar-refractivity contribution >= 4 is 39.6 Å². The van der Waals surface area contributed by atoms with Crippen LogP contribution in [0, 0.1) is 0 Å². The summed E-state index contributed by atoms with van der Waals surface area (Å²) in [5, 5.41) is 4.65. The highest BCUT2D eigenvalue weighted by atomic mass is 79.9. The molecule has 3 rings (SSSR count). The van der Waals surface area contributed by atoms with Crippen LogP contribution in [0.25, 0.3) is 0 Å². The maximum atomic E-state index is 12.6. The number of hydrogen-bond donors (Lipinski definition) is 1. The number of rotatable bonds is 7. The predicted octanol–water partition coefficient (Wildman–Crippen LogP) is 6.55. The van der Waals surface area contributed by atoms with Crippen LogP contribution in [0.15, 0.2) is 64.3 Å². The lowest BCUT2D eigenvalue weighted by molar-refractivity contribution is -0.137. The van der Waals surface area contributed by atoms with Crippen LogP contribution in [0.5, 0.6) is 11.5 Å². The minimum atomic E-state index is -4.44. The average Bonchev–Trinajstić information content (AvgIpc) is 2.73. The van der Waals surface area contributed by atoms with Gasteiger partial charge in [0.15, 0.2) is 11.5 Å². The molecule has 1 heterocycles. The third kappa shape index (κ3) is 6.35. The van der Waals surface area contributed by atoms with Crippen molar-refractivity contribution in [1.82, 2.24) is 4.98 Å². The van der Waals surface area contributed by atoms with Gasteiger partial charge in [-0.25, -0.2) is 4.98 Å². The van der Waals surface area contributed by atoms with E-state index in [2.05, 4.69) is 31.4 Å². The van der Waals surface area contributed by atoms with Crippen LogP contribution in [0.3, 0.4) is 0 Å². The molecule has 0 radical (unpaired) electrons. The number of anilines is 1. The minimum absolute atomic E-state index is 0.179. The zero-order valence-corrected chi connectivity index (χ0v) is 18.4. The molecule has 31 heavy (non-hydrogen) atoms. The highest BCUT2D eigenvalue weighted by molar-refractivity contribution is 9.10. The number of pyridine rings is 1. The molecule has 10 heteroatoms. The summed E-state index contributed by atoms with van der Waals surface area (Å²) in [6.45, 7) is 0.320. The second-order valence-electron chi connectivity index (χ2n) is 6.25. The van der Waals surface area contributed by atoms with E-state index in [1.165, 1.54) is 19.4 Å². The lowest BCUT2D eigenvalue weighted by Crippen LogP contribution is -2.05. The summed E-state index contributed by atoms with van der Waals surface area (Å²) in [6.07, 6.45) is -2.21. The first-order valence-corrected chi connectivity index (χ1v) is 10.0. The summed E-state index contributed by atoms with van der Waals surface area (Å²) in [4.78, 5) is 3.69.